The molecule has 1 atom stereocenters. The lowest BCUT2D eigenvalue weighted by atomic mass is 10.1. The largest absolute Gasteiger partial charge is 0.317 e. The standard InChI is InChI=1S/C21H27N3O2S2/c1-4-28(25,26)21-22-15-19(16-23(3)17(2)20-11-8-14-27-20)24(21)13-12-18-9-6-5-7-10-18/h5-11,14-15,17H,4,12-13,16H2,1-3H3/t17-/m1/s1. The van der Waals surface area contributed by atoms with Crippen LogP contribution in [0.5, 0.6) is 0 Å². The highest BCUT2D eigenvalue weighted by molar-refractivity contribution is 7.91. The third-order valence-corrected chi connectivity index (χ3v) is 7.74. The lowest BCUT2D eigenvalue weighted by Gasteiger charge is -2.24. The zero-order valence-corrected chi connectivity index (χ0v) is 18.2. The van der Waals surface area contributed by atoms with E-state index in [0.29, 0.717) is 13.1 Å². The summed E-state index contributed by atoms with van der Waals surface area (Å²) in [6.45, 7) is 5.06. The Morgan fingerprint density at radius 1 is 1.18 bits per heavy atom. The van der Waals surface area contributed by atoms with E-state index < -0.39 is 9.84 Å². The Balaban J connectivity index is 1.85. The van der Waals surface area contributed by atoms with Gasteiger partial charge < -0.3 is 4.57 Å². The third-order valence-electron chi connectivity index (χ3n) is 5.05. The molecule has 1 aromatic carbocycles. The Hall–Kier alpha value is -1.96. The first-order valence-electron chi connectivity index (χ1n) is 9.47. The van der Waals surface area contributed by atoms with Crippen LogP contribution in [0.25, 0.3) is 0 Å². The average molecular weight is 418 g/mol. The molecule has 0 saturated carbocycles. The molecule has 0 unspecified atom stereocenters. The number of rotatable bonds is 9. The van der Waals surface area contributed by atoms with Gasteiger partial charge >= 0.3 is 0 Å². The van der Waals surface area contributed by atoms with E-state index in [-0.39, 0.29) is 17.0 Å². The van der Waals surface area contributed by atoms with E-state index in [1.807, 2.05) is 22.8 Å². The molecule has 3 rings (SSSR count). The molecule has 0 amide bonds. The third kappa shape index (κ3) is 4.71. The van der Waals surface area contributed by atoms with Crippen LogP contribution in [-0.2, 0) is 29.3 Å². The molecule has 2 heterocycles. The van der Waals surface area contributed by atoms with Gasteiger partial charge in [0.05, 0.1) is 17.6 Å². The lowest BCUT2D eigenvalue weighted by Crippen LogP contribution is -2.24. The minimum absolute atomic E-state index is 0.0518. The number of nitrogens with zero attached hydrogens (tertiary/aromatic N) is 3. The van der Waals surface area contributed by atoms with Gasteiger partial charge in [0.2, 0.25) is 15.0 Å². The molecule has 5 nitrogen and oxygen atoms in total. The van der Waals surface area contributed by atoms with Crippen molar-refractivity contribution in [2.75, 3.05) is 12.8 Å². The minimum atomic E-state index is -3.38. The van der Waals surface area contributed by atoms with Crippen molar-refractivity contribution in [1.82, 2.24) is 14.5 Å². The maximum Gasteiger partial charge on any atom is 0.227 e. The number of hydrogen-bond donors (Lipinski definition) is 0. The second-order valence-corrected chi connectivity index (χ2v) is 10.1. The van der Waals surface area contributed by atoms with Crippen molar-refractivity contribution in [3.05, 3.63) is 70.2 Å². The molecule has 2 aromatic heterocycles. The molecule has 0 fully saturated rings. The zero-order chi connectivity index (χ0) is 20.1. The fourth-order valence-electron chi connectivity index (χ4n) is 3.16. The van der Waals surface area contributed by atoms with Crippen LogP contribution in [0.4, 0.5) is 0 Å². The van der Waals surface area contributed by atoms with Gasteiger partial charge in [-0.3, -0.25) is 4.90 Å². The van der Waals surface area contributed by atoms with Crippen molar-refractivity contribution in [3.8, 4) is 0 Å². The number of aromatic nitrogens is 2. The minimum Gasteiger partial charge on any atom is -0.317 e. The van der Waals surface area contributed by atoms with Gasteiger partial charge in [-0.05, 0) is 37.4 Å². The van der Waals surface area contributed by atoms with Crippen molar-refractivity contribution in [2.45, 2.75) is 44.6 Å². The topological polar surface area (TPSA) is 55.2 Å². The molecule has 0 aliphatic carbocycles. The molecular formula is C21H27N3O2S2. The molecule has 0 saturated heterocycles. The summed E-state index contributed by atoms with van der Waals surface area (Å²) in [7, 11) is -1.31. The average Bonchev–Trinajstić information content (AvgIpc) is 3.37. The van der Waals surface area contributed by atoms with E-state index in [9.17, 15) is 8.42 Å². The SMILES string of the molecule is CCS(=O)(=O)c1ncc(CN(C)[C@H](C)c2cccs2)n1CCc1ccccc1. The molecule has 0 radical (unpaired) electrons. The van der Waals surface area contributed by atoms with Crippen LogP contribution < -0.4 is 0 Å². The first-order chi connectivity index (χ1) is 13.4. The molecule has 150 valence electrons. The summed E-state index contributed by atoms with van der Waals surface area (Å²) in [5.41, 5.74) is 2.11. The van der Waals surface area contributed by atoms with Gasteiger partial charge in [-0.1, -0.05) is 43.3 Å². The highest BCUT2D eigenvalue weighted by Gasteiger charge is 2.23. The first kappa shape index (κ1) is 20.8. The number of thiophene rings is 1. The number of sulfone groups is 1. The maximum absolute atomic E-state index is 12.6. The predicted octanol–water partition coefficient (Wildman–Crippen LogP) is 4.17. The quantitative estimate of drug-likeness (QED) is 0.524. The van der Waals surface area contributed by atoms with E-state index in [2.05, 4.69) is 53.5 Å². The van der Waals surface area contributed by atoms with E-state index in [1.54, 1.807) is 24.5 Å². The van der Waals surface area contributed by atoms with Gasteiger partial charge in [-0.2, -0.15) is 0 Å². The summed E-state index contributed by atoms with van der Waals surface area (Å²) < 4.78 is 27.0. The van der Waals surface area contributed by atoms with Crippen LogP contribution in [0, 0.1) is 0 Å². The monoisotopic (exact) mass is 417 g/mol. The second kappa shape index (κ2) is 9.03. The van der Waals surface area contributed by atoms with Gasteiger partial charge in [0.15, 0.2) is 0 Å². The Morgan fingerprint density at radius 3 is 2.57 bits per heavy atom. The normalized spacial score (nSPS) is 13.1. The van der Waals surface area contributed by atoms with E-state index >= 15 is 0 Å². The number of benzene rings is 1. The van der Waals surface area contributed by atoms with Gasteiger partial charge in [-0.25, -0.2) is 13.4 Å². The number of aryl methyl sites for hydroxylation is 1. The second-order valence-electron chi connectivity index (χ2n) is 6.93. The molecular weight excluding hydrogens is 390 g/mol. The lowest BCUT2D eigenvalue weighted by molar-refractivity contribution is 0.248. The fourth-order valence-corrected chi connectivity index (χ4v) is 5.02. The van der Waals surface area contributed by atoms with Gasteiger partial charge in [0.1, 0.15) is 0 Å². The van der Waals surface area contributed by atoms with Crippen LogP contribution in [0.2, 0.25) is 0 Å². The van der Waals surface area contributed by atoms with Gasteiger partial charge in [0.25, 0.3) is 0 Å². The Bertz CT molecular complexity index is 980. The molecule has 28 heavy (non-hydrogen) atoms. The van der Waals surface area contributed by atoms with Crippen molar-refractivity contribution in [2.24, 2.45) is 0 Å². The highest BCUT2D eigenvalue weighted by Crippen LogP contribution is 2.25. The summed E-state index contributed by atoms with van der Waals surface area (Å²) in [5.74, 6) is 0.0518. The maximum atomic E-state index is 12.6. The first-order valence-corrected chi connectivity index (χ1v) is 12.0. The predicted molar refractivity (Wildman–Crippen MR) is 114 cm³/mol. The fraction of sp³-hybridized carbons (Fsp3) is 0.381. The molecule has 7 heteroatoms. The summed E-state index contributed by atoms with van der Waals surface area (Å²) in [6.07, 6.45) is 2.48. The van der Waals surface area contributed by atoms with Crippen molar-refractivity contribution >= 4 is 21.2 Å². The summed E-state index contributed by atoms with van der Waals surface area (Å²) in [4.78, 5) is 7.81. The number of hydrogen-bond acceptors (Lipinski definition) is 5. The Kier molecular flexibility index (Phi) is 6.69. The van der Waals surface area contributed by atoms with Gasteiger partial charge in [0, 0.05) is 24.0 Å². The molecule has 0 N–H and O–H groups in total. The Morgan fingerprint density at radius 2 is 1.93 bits per heavy atom. The molecule has 0 spiro atoms. The van der Waals surface area contributed by atoms with E-state index in [1.165, 1.54) is 10.4 Å². The summed E-state index contributed by atoms with van der Waals surface area (Å²) in [6, 6.07) is 14.6. The van der Waals surface area contributed by atoms with Crippen molar-refractivity contribution in [1.29, 1.82) is 0 Å². The molecule has 3 aromatic rings. The Labute approximate surface area is 171 Å². The zero-order valence-electron chi connectivity index (χ0n) is 16.6. The molecule has 0 aliphatic rings. The van der Waals surface area contributed by atoms with Crippen molar-refractivity contribution in [3.63, 3.8) is 0 Å². The molecule has 0 bridgehead atoms. The van der Waals surface area contributed by atoms with Crippen LogP contribution in [0.3, 0.4) is 0 Å². The van der Waals surface area contributed by atoms with E-state index in [0.717, 1.165) is 12.1 Å². The van der Waals surface area contributed by atoms with Crippen LogP contribution in [-0.4, -0.2) is 35.7 Å². The number of imidazole rings is 1. The highest BCUT2D eigenvalue weighted by atomic mass is 32.2. The summed E-state index contributed by atoms with van der Waals surface area (Å²) >= 11 is 1.73. The van der Waals surface area contributed by atoms with E-state index in [4.69, 9.17) is 0 Å². The smallest absolute Gasteiger partial charge is 0.227 e. The van der Waals surface area contributed by atoms with Gasteiger partial charge in [-0.15, -0.1) is 11.3 Å². The van der Waals surface area contributed by atoms with Crippen LogP contribution in [0.1, 0.15) is 36.0 Å². The van der Waals surface area contributed by atoms with Crippen LogP contribution in [0.15, 0.2) is 59.2 Å². The molecule has 0 aliphatic heterocycles. The van der Waals surface area contributed by atoms with Crippen LogP contribution >= 0.6 is 11.3 Å². The van der Waals surface area contributed by atoms with Crippen molar-refractivity contribution < 1.29 is 8.42 Å². The summed E-state index contributed by atoms with van der Waals surface area (Å²) in [5, 5.41) is 2.26.